The van der Waals surface area contributed by atoms with Gasteiger partial charge in [-0.15, -0.1) is 0 Å². The van der Waals surface area contributed by atoms with Crippen LogP contribution < -0.4 is 10.1 Å². The average Bonchev–Trinajstić information content (AvgIpc) is 2.28. The van der Waals surface area contributed by atoms with Crippen molar-refractivity contribution in [3.05, 3.63) is 29.8 Å². The number of hydrogen-bond acceptors (Lipinski definition) is 3. The van der Waals surface area contributed by atoms with Gasteiger partial charge in [0, 0.05) is 17.7 Å². The average molecular weight is 237 g/mol. The van der Waals surface area contributed by atoms with Gasteiger partial charge in [-0.1, -0.05) is 0 Å². The van der Waals surface area contributed by atoms with E-state index in [1.165, 1.54) is 0 Å². The molecule has 0 bridgehead atoms. The molecule has 0 spiro atoms. The maximum absolute atomic E-state index is 11.9. The summed E-state index contributed by atoms with van der Waals surface area (Å²) in [6, 6.07) is 6.91. The predicted molar refractivity (Wildman–Crippen MR) is 66.2 cm³/mol. The van der Waals surface area contributed by atoms with E-state index in [9.17, 15) is 4.79 Å². The molecule has 0 saturated heterocycles. The molecule has 0 aliphatic heterocycles. The molecule has 4 heteroatoms. The first-order valence-corrected chi connectivity index (χ1v) is 5.56. The maximum Gasteiger partial charge on any atom is 0.251 e. The summed E-state index contributed by atoms with van der Waals surface area (Å²) in [6.45, 7) is 3.81. The van der Waals surface area contributed by atoms with E-state index in [2.05, 4.69) is 5.32 Å². The third-order valence-corrected chi connectivity index (χ3v) is 2.54. The van der Waals surface area contributed by atoms with Crippen molar-refractivity contribution in [2.24, 2.45) is 0 Å². The minimum absolute atomic E-state index is 0.0515. The first kappa shape index (κ1) is 13.5. The highest BCUT2D eigenvalue weighted by atomic mass is 16.5. The number of methoxy groups -OCH3 is 1. The van der Waals surface area contributed by atoms with Gasteiger partial charge in [0.2, 0.25) is 0 Å². The van der Waals surface area contributed by atoms with E-state index in [-0.39, 0.29) is 12.5 Å². The molecule has 1 amide bonds. The minimum atomic E-state index is -0.411. The Labute approximate surface area is 102 Å². The van der Waals surface area contributed by atoms with Gasteiger partial charge in [-0.2, -0.15) is 0 Å². The lowest BCUT2D eigenvalue weighted by molar-refractivity contribution is 0.0899. The van der Waals surface area contributed by atoms with Crippen molar-refractivity contribution in [2.75, 3.05) is 13.7 Å². The predicted octanol–water partition coefficient (Wildman–Crippen LogP) is 1.59. The van der Waals surface area contributed by atoms with Crippen LogP contribution in [-0.4, -0.2) is 30.3 Å². The molecule has 0 heterocycles. The molecule has 0 unspecified atom stereocenters. The van der Waals surface area contributed by atoms with Gasteiger partial charge in [0.1, 0.15) is 5.75 Å². The van der Waals surface area contributed by atoms with Crippen LogP contribution in [0.5, 0.6) is 5.75 Å². The molecule has 0 atom stereocenters. The molecule has 17 heavy (non-hydrogen) atoms. The highest BCUT2D eigenvalue weighted by Gasteiger charge is 2.20. The number of rotatable bonds is 5. The summed E-state index contributed by atoms with van der Waals surface area (Å²) >= 11 is 0. The number of benzene rings is 1. The number of aliphatic hydroxyl groups is 1. The standard InChI is InChI=1S/C13H19NO3/c1-13(2,8-9-15)14-12(16)10-4-6-11(17-3)7-5-10/h4-7,15H,8-9H2,1-3H3,(H,14,16). The van der Waals surface area contributed by atoms with Crippen LogP contribution in [0.2, 0.25) is 0 Å². The SMILES string of the molecule is COc1ccc(C(=O)NC(C)(C)CCO)cc1. The Morgan fingerprint density at radius 2 is 1.94 bits per heavy atom. The van der Waals surface area contributed by atoms with E-state index in [1.807, 2.05) is 13.8 Å². The maximum atomic E-state index is 11.9. The van der Waals surface area contributed by atoms with Crippen LogP contribution in [0, 0.1) is 0 Å². The van der Waals surface area contributed by atoms with Crippen molar-refractivity contribution < 1.29 is 14.6 Å². The second-order valence-corrected chi connectivity index (χ2v) is 4.54. The van der Waals surface area contributed by atoms with Crippen LogP contribution in [0.15, 0.2) is 24.3 Å². The summed E-state index contributed by atoms with van der Waals surface area (Å²) in [5, 5.41) is 11.8. The summed E-state index contributed by atoms with van der Waals surface area (Å²) in [5.74, 6) is 0.572. The molecule has 4 nitrogen and oxygen atoms in total. The van der Waals surface area contributed by atoms with Crippen LogP contribution in [0.4, 0.5) is 0 Å². The largest absolute Gasteiger partial charge is 0.497 e. The molecule has 0 aliphatic carbocycles. The van der Waals surface area contributed by atoms with Crippen molar-refractivity contribution in [3.8, 4) is 5.75 Å². The van der Waals surface area contributed by atoms with Crippen molar-refractivity contribution >= 4 is 5.91 Å². The topological polar surface area (TPSA) is 58.6 Å². The molecule has 0 saturated carbocycles. The lowest BCUT2D eigenvalue weighted by Crippen LogP contribution is -2.44. The van der Waals surface area contributed by atoms with Crippen LogP contribution in [0.1, 0.15) is 30.6 Å². The van der Waals surface area contributed by atoms with Crippen LogP contribution in [0.25, 0.3) is 0 Å². The van der Waals surface area contributed by atoms with Crippen molar-refractivity contribution in [2.45, 2.75) is 25.8 Å². The number of aliphatic hydroxyl groups excluding tert-OH is 1. The summed E-state index contributed by atoms with van der Waals surface area (Å²) in [5.41, 5.74) is 0.169. The van der Waals surface area contributed by atoms with E-state index in [1.54, 1.807) is 31.4 Å². The molecule has 1 aromatic rings. The zero-order chi connectivity index (χ0) is 12.9. The van der Waals surface area contributed by atoms with E-state index in [0.717, 1.165) is 5.75 Å². The fraction of sp³-hybridized carbons (Fsp3) is 0.462. The van der Waals surface area contributed by atoms with Gasteiger partial charge < -0.3 is 15.2 Å². The molecule has 0 aliphatic rings. The molecular weight excluding hydrogens is 218 g/mol. The van der Waals surface area contributed by atoms with E-state index in [0.29, 0.717) is 12.0 Å². The number of ether oxygens (including phenoxy) is 1. The van der Waals surface area contributed by atoms with Crippen molar-refractivity contribution in [1.29, 1.82) is 0 Å². The Balaban J connectivity index is 2.69. The Morgan fingerprint density at radius 3 is 2.41 bits per heavy atom. The zero-order valence-corrected chi connectivity index (χ0v) is 10.5. The third kappa shape index (κ3) is 4.07. The van der Waals surface area contributed by atoms with Gasteiger partial charge in [-0.25, -0.2) is 0 Å². The first-order chi connectivity index (χ1) is 7.98. The van der Waals surface area contributed by atoms with Gasteiger partial charge in [0.15, 0.2) is 0 Å². The molecule has 1 rings (SSSR count). The number of carbonyl (C=O) groups excluding carboxylic acids is 1. The monoisotopic (exact) mass is 237 g/mol. The molecule has 1 aromatic carbocycles. The smallest absolute Gasteiger partial charge is 0.251 e. The lowest BCUT2D eigenvalue weighted by Gasteiger charge is -2.25. The molecule has 0 radical (unpaired) electrons. The van der Waals surface area contributed by atoms with Crippen molar-refractivity contribution in [3.63, 3.8) is 0 Å². The lowest BCUT2D eigenvalue weighted by atomic mass is 10.0. The van der Waals surface area contributed by atoms with Gasteiger partial charge >= 0.3 is 0 Å². The highest BCUT2D eigenvalue weighted by Crippen LogP contribution is 2.13. The van der Waals surface area contributed by atoms with Crippen LogP contribution in [-0.2, 0) is 0 Å². The second kappa shape index (κ2) is 5.68. The van der Waals surface area contributed by atoms with Crippen LogP contribution in [0.3, 0.4) is 0 Å². The summed E-state index contributed by atoms with van der Waals surface area (Å²) in [4.78, 5) is 11.9. The van der Waals surface area contributed by atoms with Gasteiger partial charge in [0.05, 0.1) is 7.11 Å². The van der Waals surface area contributed by atoms with Gasteiger partial charge in [-0.05, 0) is 44.5 Å². The van der Waals surface area contributed by atoms with Gasteiger partial charge in [-0.3, -0.25) is 4.79 Å². The fourth-order valence-electron chi connectivity index (χ4n) is 1.46. The highest BCUT2D eigenvalue weighted by molar-refractivity contribution is 5.94. The summed E-state index contributed by atoms with van der Waals surface area (Å²) in [6.07, 6.45) is 0.523. The van der Waals surface area contributed by atoms with E-state index >= 15 is 0 Å². The molecule has 0 aromatic heterocycles. The Bertz CT molecular complexity index is 371. The van der Waals surface area contributed by atoms with Crippen molar-refractivity contribution in [1.82, 2.24) is 5.32 Å². The Hall–Kier alpha value is -1.55. The van der Waals surface area contributed by atoms with Gasteiger partial charge in [0.25, 0.3) is 5.91 Å². The number of carbonyl (C=O) groups is 1. The first-order valence-electron chi connectivity index (χ1n) is 5.56. The van der Waals surface area contributed by atoms with E-state index < -0.39 is 5.54 Å². The number of hydrogen-bond donors (Lipinski definition) is 2. The molecule has 2 N–H and O–H groups in total. The molecule has 94 valence electrons. The molecular formula is C13H19NO3. The Morgan fingerprint density at radius 1 is 1.35 bits per heavy atom. The third-order valence-electron chi connectivity index (χ3n) is 2.54. The second-order valence-electron chi connectivity index (χ2n) is 4.54. The summed E-state index contributed by atoms with van der Waals surface area (Å²) in [7, 11) is 1.58. The fourth-order valence-corrected chi connectivity index (χ4v) is 1.46. The minimum Gasteiger partial charge on any atom is -0.497 e. The van der Waals surface area contributed by atoms with E-state index in [4.69, 9.17) is 9.84 Å². The quantitative estimate of drug-likeness (QED) is 0.817. The Kier molecular flexibility index (Phi) is 4.52. The zero-order valence-electron chi connectivity index (χ0n) is 10.5. The number of amides is 1. The number of nitrogens with one attached hydrogen (secondary N) is 1. The molecule has 0 fully saturated rings. The van der Waals surface area contributed by atoms with Crippen LogP contribution >= 0.6 is 0 Å². The summed E-state index contributed by atoms with van der Waals surface area (Å²) < 4.78 is 5.02. The normalized spacial score (nSPS) is 11.1.